The topological polar surface area (TPSA) is 70.3 Å². The molecule has 0 aliphatic heterocycles. The molecule has 4 rings (SSSR count). The van der Waals surface area contributed by atoms with Crippen LogP contribution in [-0.4, -0.2) is 20.0 Å². The van der Waals surface area contributed by atoms with E-state index in [-0.39, 0.29) is 6.17 Å². The first-order valence-corrected chi connectivity index (χ1v) is 13.9. The van der Waals surface area contributed by atoms with Gasteiger partial charge < -0.3 is 5.73 Å². The molecular formula is C16H16Cl3N5Ru-. The van der Waals surface area contributed by atoms with E-state index in [2.05, 4.69) is 15.3 Å². The van der Waals surface area contributed by atoms with Gasteiger partial charge in [-0.15, -0.1) is 0 Å². The van der Waals surface area contributed by atoms with E-state index in [1.807, 2.05) is 54.7 Å². The zero-order valence-electron chi connectivity index (χ0n) is 13.2. The Balaban J connectivity index is 0.000000153. The maximum Gasteiger partial charge on any atom is 0.0650 e. The van der Waals surface area contributed by atoms with Gasteiger partial charge in [-0.05, 0) is 18.3 Å². The van der Waals surface area contributed by atoms with Crippen molar-refractivity contribution in [2.24, 2.45) is 0 Å². The molecule has 0 aliphatic rings. The fourth-order valence-electron chi connectivity index (χ4n) is 2.18. The number of hydrogen-bond acceptors (Lipinski definition) is 2. The predicted octanol–water partition coefficient (Wildman–Crippen LogP) is 6.24. The smallest absolute Gasteiger partial charge is 0.0650 e. The van der Waals surface area contributed by atoms with Crippen LogP contribution >= 0.6 is 29.1 Å². The molecule has 0 fully saturated rings. The molecular weight excluding hydrogens is 470 g/mol. The molecule has 25 heavy (non-hydrogen) atoms. The van der Waals surface area contributed by atoms with Gasteiger partial charge in [0.1, 0.15) is 0 Å². The molecule has 5 nitrogen and oxygen atoms in total. The normalized spacial score (nSPS) is 12.0. The number of fused-ring (bicyclic) bond motifs is 2. The van der Waals surface area contributed by atoms with Gasteiger partial charge in [-0.25, -0.2) is 0 Å². The molecule has 1 atom stereocenters. The van der Waals surface area contributed by atoms with Gasteiger partial charge in [-0.1, -0.05) is 43.3 Å². The van der Waals surface area contributed by atoms with Crippen LogP contribution in [-0.2, 0) is 13.0 Å². The molecule has 0 radical (unpaired) electrons. The zero-order chi connectivity index (χ0) is 18.2. The summed E-state index contributed by atoms with van der Waals surface area (Å²) in [6, 6.07) is 15.9. The molecule has 2 N–H and O–H groups in total. The minimum Gasteiger partial charge on any atom is -0.278 e. The Kier molecular flexibility index (Phi) is 8.14. The number of aromatic amines is 1. The summed E-state index contributed by atoms with van der Waals surface area (Å²) in [7, 11) is 14.8. The van der Waals surface area contributed by atoms with Crippen LogP contribution in [0.4, 0.5) is 0 Å². The van der Waals surface area contributed by atoms with Crippen LogP contribution in [0, 0.1) is 0 Å². The van der Waals surface area contributed by atoms with Gasteiger partial charge in [0.05, 0.1) is 23.4 Å². The van der Waals surface area contributed by atoms with Gasteiger partial charge in [0, 0.05) is 10.8 Å². The second-order valence-electron chi connectivity index (χ2n) is 4.93. The van der Waals surface area contributed by atoms with Crippen LogP contribution < -0.4 is 0 Å². The van der Waals surface area contributed by atoms with Crippen molar-refractivity contribution < 1.29 is 13.0 Å². The number of aromatic nitrogens is 4. The number of nitrogens with one attached hydrogen (secondary N) is 2. The molecule has 2 heterocycles. The second kappa shape index (κ2) is 10.1. The van der Waals surface area contributed by atoms with E-state index < -0.39 is 13.0 Å². The van der Waals surface area contributed by atoms with Gasteiger partial charge in [-0.3, -0.25) is 9.78 Å². The Morgan fingerprint density at radius 1 is 1.00 bits per heavy atom. The first-order chi connectivity index (χ1) is 12.0. The van der Waals surface area contributed by atoms with Crippen molar-refractivity contribution in [1.29, 1.82) is 0 Å². The van der Waals surface area contributed by atoms with Crippen molar-refractivity contribution in [2.45, 2.75) is 13.1 Å². The van der Waals surface area contributed by atoms with Crippen LogP contribution in [0.25, 0.3) is 27.5 Å². The standard InChI is InChI=1S/C9H10N3.C7H6N2.3ClH.Ru/c1-7(10)12-9-5-3-2-4-8(9)6-11-12;1-2-4-7-6(3-1)5-8-9-7;;;;/h2-7,10H,1H3;1-5H,(H,8,9);3*1H;/q-1;;;;;+3/p-3. The molecule has 0 bridgehead atoms. The van der Waals surface area contributed by atoms with E-state index in [0.717, 1.165) is 21.8 Å². The fourth-order valence-corrected chi connectivity index (χ4v) is 2.18. The van der Waals surface area contributed by atoms with Gasteiger partial charge in [-0.2, -0.15) is 10.2 Å². The molecule has 0 aliphatic carbocycles. The molecule has 4 aromatic rings. The maximum absolute atomic E-state index is 7.52. The maximum atomic E-state index is 7.52. The van der Waals surface area contributed by atoms with Crippen LogP contribution in [0.5, 0.6) is 0 Å². The van der Waals surface area contributed by atoms with Gasteiger partial charge in [0.25, 0.3) is 0 Å². The third kappa shape index (κ3) is 6.25. The van der Waals surface area contributed by atoms with Gasteiger partial charge in [0.2, 0.25) is 0 Å². The summed E-state index contributed by atoms with van der Waals surface area (Å²) in [5.41, 5.74) is 9.64. The van der Waals surface area contributed by atoms with E-state index >= 15 is 0 Å². The van der Waals surface area contributed by atoms with Crippen molar-refractivity contribution in [1.82, 2.24) is 20.0 Å². The van der Waals surface area contributed by atoms with Crippen LogP contribution in [0.1, 0.15) is 13.1 Å². The predicted molar refractivity (Wildman–Crippen MR) is 102 cm³/mol. The van der Waals surface area contributed by atoms with E-state index in [1.165, 1.54) is 0 Å². The SMILES string of the molecule is CC([NH-])n1ncc2ccccc21.[Cl][Ru]([Cl])[Cl].c1ccc2[nH]ncc2c1. The summed E-state index contributed by atoms with van der Waals surface area (Å²) in [5, 5.41) is 13.1. The van der Waals surface area contributed by atoms with Crippen LogP contribution in [0.15, 0.2) is 60.9 Å². The number of halogens is 3. The van der Waals surface area contributed by atoms with Crippen molar-refractivity contribution >= 4 is 50.9 Å². The van der Waals surface area contributed by atoms with E-state index in [1.54, 1.807) is 17.8 Å². The monoisotopic (exact) mass is 485 g/mol. The molecule has 2 aromatic heterocycles. The fraction of sp³-hybridized carbons (Fsp3) is 0.125. The first kappa shape index (κ1) is 20.1. The summed E-state index contributed by atoms with van der Waals surface area (Å²) >= 11 is -1.75. The minimum atomic E-state index is -1.75. The number of rotatable bonds is 1. The third-order valence-electron chi connectivity index (χ3n) is 3.22. The van der Waals surface area contributed by atoms with E-state index in [9.17, 15) is 0 Å². The van der Waals surface area contributed by atoms with Crippen LogP contribution in [0.2, 0.25) is 0 Å². The van der Waals surface area contributed by atoms with Crippen LogP contribution in [0.3, 0.4) is 0 Å². The quantitative estimate of drug-likeness (QED) is 0.324. The Morgan fingerprint density at radius 2 is 1.60 bits per heavy atom. The molecule has 9 heteroatoms. The first-order valence-electron chi connectivity index (χ1n) is 7.17. The molecule has 2 aromatic carbocycles. The van der Waals surface area contributed by atoms with Gasteiger partial charge in [0.15, 0.2) is 0 Å². The molecule has 0 saturated carbocycles. The van der Waals surface area contributed by atoms with Gasteiger partial charge >= 0.3 is 42.1 Å². The van der Waals surface area contributed by atoms with Crippen molar-refractivity contribution in [3.05, 3.63) is 66.7 Å². The Labute approximate surface area is 163 Å². The molecule has 0 spiro atoms. The van der Waals surface area contributed by atoms with Crippen molar-refractivity contribution in [2.75, 3.05) is 0 Å². The average Bonchev–Trinajstić information content (AvgIpc) is 3.21. The molecule has 135 valence electrons. The van der Waals surface area contributed by atoms with E-state index in [4.69, 9.17) is 34.8 Å². The second-order valence-corrected chi connectivity index (χ2v) is 12.8. The summed E-state index contributed by atoms with van der Waals surface area (Å²) in [6.45, 7) is 1.81. The van der Waals surface area contributed by atoms with E-state index in [0.29, 0.717) is 0 Å². The number of nitrogens with zero attached hydrogens (tertiary/aromatic N) is 3. The number of para-hydroxylation sites is 2. The minimum absolute atomic E-state index is 0.315. The number of hydrogen-bond donors (Lipinski definition) is 1. The molecule has 1 unspecified atom stereocenters. The number of benzene rings is 2. The summed E-state index contributed by atoms with van der Waals surface area (Å²) in [4.78, 5) is 0. The average molecular weight is 486 g/mol. The summed E-state index contributed by atoms with van der Waals surface area (Å²) < 4.78 is 1.70. The Bertz CT molecular complexity index is 874. The largest absolute Gasteiger partial charge is 0.278 e. The summed E-state index contributed by atoms with van der Waals surface area (Å²) in [6.07, 6.45) is 3.29. The molecule has 0 amide bonds. The number of H-pyrrole nitrogens is 1. The Hall–Kier alpha value is -1.17. The zero-order valence-corrected chi connectivity index (χ0v) is 17.2. The summed E-state index contributed by atoms with van der Waals surface area (Å²) in [5.74, 6) is 0. The van der Waals surface area contributed by atoms with Crippen molar-refractivity contribution in [3.63, 3.8) is 0 Å². The molecule has 0 saturated heterocycles. The third-order valence-corrected chi connectivity index (χ3v) is 3.22. The Morgan fingerprint density at radius 3 is 2.24 bits per heavy atom. The van der Waals surface area contributed by atoms with Crippen molar-refractivity contribution in [3.8, 4) is 0 Å².